The molecule has 3 heteroatoms. The number of aliphatic hydroxyl groups excluding tert-OH is 1. The van der Waals surface area contributed by atoms with Crippen LogP contribution >= 0.6 is 0 Å². The minimum absolute atomic E-state index is 0.209. The van der Waals surface area contributed by atoms with Gasteiger partial charge in [-0.25, -0.2) is 0 Å². The Kier molecular flexibility index (Phi) is 10.9. The lowest BCUT2D eigenvalue weighted by atomic mass is 10.4. The Morgan fingerprint density at radius 2 is 2.00 bits per heavy atom. The van der Waals surface area contributed by atoms with E-state index in [1.54, 1.807) is 0 Å². The zero-order valence-electron chi connectivity index (χ0n) is 8.09. The summed E-state index contributed by atoms with van der Waals surface area (Å²) >= 11 is 0. The molecule has 0 aromatic heterocycles. The molecule has 0 fully saturated rings. The number of terminal acetylenes is 1. The van der Waals surface area contributed by atoms with Gasteiger partial charge in [-0.05, 0) is 19.4 Å². The van der Waals surface area contributed by atoms with Gasteiger partial charge in [0.05, 0.1) is 0 Å². The SMILES string of the molecule is C#CCCNCCCOCCCO. The van der Waals surface area contributed by atoms with Crippen LogP contribution in [0.4, 0.5) is 0 Å². The fraction of sp³-hybridized carbons (Fsp3) is 0.800. The first-order chi connectivity index (χ1) is 6.41. The highest BCUT2D eigenvalue weighted by atomic mass is 16.5. The van der Waals surface area contributed by atoms with Gasteiger partial charge in [0.1, 0.15) is 0 Å². The van der Waals surface area contributed by atoms with Crippen molar-refractivity contribution >= 4 is 0 Å². The van der Waals surface area contributed by atoms with Gasteiger partial charge in [0.2, 0.25) is 0 Å². The first kappa shape index (κ1) is 12.4. The second-order valence-electron chi connectivity index (χ2n) is 2.75. The standard InChI is InChI=1S/C10H19NO2/c1-2-3-6-11-7-4-9-13-10-5-8-12/h1,11-12H,3-10H2. The van der Waals surface area contributed by atoms with Crippen LogP contribution < -0.4 is 5.32 Å². The molecule has 0 radical (unpaired) electrons. The van der Waals surface area contributed by atoms with E-state index >= 15 is 0 Å². The van der Waals surface area contributed by atoms with Crippen molar-refractivity contribution in [1.82, 2.24) is 5.32 Å². The van der Waals surface area contributed by atoms with Crippen LogP contribution in [0.5, 0.6) is 0 Å². The predicted octanol–water partition coefficient (Wildman–Crippen LogP) is 0.388. The van der Waals surface area contributed by atoms with Crippen molar-refractivity contribution in [2.45, 2.75) is 19.3 Å². The third-order valence-corrected chi connectivity index (χ3v) is 1.54. The average Bonchev–Trinajstić information content (AvgIpc) is 2.16. The molecular weight excluding hydrogens is 166 g/mol. The fourth-order valence-corrected chi connectivity index (χ4v) is 0.853. The average molecular weight is 185 g/mol. The minimum Gasteiger partial charge on any atom is -0.396 e. The van der Waals surface area contributed by atoms with Gasteiger partial charge in [-0.15, -0.1) is 12.3 Å². The summed E-state index contributed by atoms with van der Waals surface area (Å²) in [6.45, 7) is 3.44. The summed E-state index contributed by atoms with van der Waals surface area (Å²) in [5, 5.41) is 11.7. The van der Waals surface area contributed by atoms with Crippen LogP contribution in [0.1, 0.15) is 19.3 Å². The van der Waals surface area contributed by atoms with Crippen molar-refractivity contribution in [1.29, 1.82) is 0 Å². The van der Waals surface area contributed by atoms with Crippen LogP contribution in [0.2, 0.25) is 0 Å². The maximum Gasteiger partial charge on any atom is 0.0487 e. The number of aliphatic hydroxyl groups is 1. The zero-order chi connectivity index (χ0) is 9.78. The van der Waals surface area contributed by atoms with Crippen LogP contribution in [-0.2, 0) is 4.74 Å². The number of hydrogen-bond acceptors (Lipinski definition) is 3. The van der Waals surface area contributed by atoms with Gasteiger partial charge >= 0.3 is 0 Å². The van der Waals surface area contributed by atoms with E-state index in [2.05, 4.69) is 11.2 Å². The highest BCUT2D eigenvalue weighted by Crippen LogP contribution is 1.84. The van der Waals surface area contributed by atoms with Crippen molar-refractivity contribution in [3.8, 4) is 12.3 Å². The first-order valence-corrected chi connectivity index (χ1v) is 4.74. The summed E-state index contributed by atoms with van der Waals surface area (Å²) in [5.41, 5.74) is 0. The Hall–Kier alpha value is -0.560. The maximum absolute atomic E-state index is 8.45. The first-order valence-electron chi connectivity index (χ1n) is 4.74. The Morgan fingerprint density at radius 3 is 2.69 bits per heavy atom. The third-order valence-electron chi connectivity index (χ3n) is 1.54. The summed E-state index contributed by atoms with van der Waals surface area (Å²) in [5.74, 6) is 2.56. The maximum atomic E-state index is 8.45. The molecule has 0 unspecified atom stereocenters. The summed E-state index contributed by atoms with van der Waals surface area (Å²) < 4.78 is 5.24. The molecule has 0 aliphatic rings. The molecule has 0 aromatic carbocycles. The van der Waals surface area contributed by atoms with E-state index in [0.717, 1.165) is 39.0 Å². The lowest BCUT2D eigenvalue weighted by Gasteiger charge is -2.03. The lowest BCUT2D eigenvalue weighted by Crippen LogP contribution is -2.17. The van der Waals surface area contributed by atoms with Crippen molar-refractivity contribution in [2.24, 2.45) is 0 Å². The summed E-state index contributed by atoms with van der Waals surface area (Å²) in [6.07, 6.45) is 7.59. The molecule has 0 aliphatic heterocycles. The van der Waals surface area contributed by atoms with Crippen molar-refractivity contribution in [3.63, 3.8) is 0 Å². The molecule has 76 valence electrons. The van der Waals surface area contributed by atoms with Gasteiger partial charge in [-0.3, -0.25) is 0 Å². The summed E-state index contributed by atoms with van der Waals surface area (Å²) in [7, 11) is 0. The Balaban J connectivity index is 2.80. The van der Waals surface area contributed by atoms with Gasteiger partial charge in [0, 0.05) is 32.8 Å². The Labute approximate surface area is 80.5 Å². The molecule has 13 heavy (non-hydrogen) atoms. The molecular formula is C10H19NO2. The topological polar surface area (TPSA) is 41.5 Å². The fourth-order valence-electron chi connectivity index (χ4n) is 0.853. The number of ether oxygens (including phenoxy) is 1. The van der Waals surface area contributed by atoms with E-state index in [-0.39, 0.29) is 6.61 Å². The molecule has 0 heterocycles. The van der Waals surface area contributed by atoms with E-state index < -0.39 is 0 Å². The molecule has 0 aromatic rings. The minimum atomic E-state index is 0.209. The largest absolute Gasteiger partial charge is 0.396 e. The van der Waals surface area contributed by atoms with Crippen LogP contribution in [0.3, 0.4) is 0 Å². The number of rotatable bonds is 9. The van der Waals surface area contributed by atoms with E-state index in [0.29, 0.717) is 6.61 Å². The lowest BCUT2D eigenvalue weighted by molar-refractivity contribution is 0.114. The van der Waals surface area contributed by atoms with Crippen molar-refractivity contribution in [2.75, 3.05) is 32.9 Å². The zero-order valence-corrected chi connectivity index (χ0v) is 8.09. The number of nitrogens with one attached hydrogen (secondary N) is 1. The Morgan fingerprint density at radius 1 is 1.23 bits per heavy atom. The van der Waals surface area contributed by atoms with Crippen molar-refractivity contribution in [3.05, 3.63) is 0 Å². The van der Waals surface area contributed by atoms with E-state index in [1.807, 2.05) is 0 Å². The van der Waals surface area contributed by atoms with E-state index in [4.69, 9.17) is 16.3 Å². The molecule has 0 saturated heterocycles. The normalized spacial score (nSPS) is 9.85. The third kappa shape index (κ3) is 11.4. The van der Waals surface area contributed by atoms with Gasteiger partial charge in [-0.2, -0.15) is 0 Å². The van der Waals surface area contributed by atoms with Gasteiger partial charge in [0.15, 0.2) is 0 Å². The summed E-state index contributed by atoms with van der Waals surface area (Å²) in [6, 6.07) is 0. The molecule has 0 amide bonds. The predicted molar refractivity (Wildman–Crippen MR) is 53.5 cm³/mol. The second kappa shape index (κ2) is 11.4. The molecule has 0 saturated carbocycles. The molecule has 0 spiro atoms. The van der Waals surface area contributed by atoms with Crippen molar-refractivity contribution < 1.29 is 9.84 Å². The van der Waals surface area contributed by atoms with Gasteiger partial charge in [0.25, 0.3) is 0 Å². The molecule has 0 atom stereocenters. The molecule has 0 bridgehead atoms. The Bertz CT molecular complexity index is 131. The van der Waals surface area contributed by atoms with Crippen LogP contribution in [0, 0.1) is 12.3 Å². The van der Waals surface area contributed by atoms with E-state index in [1.165, 1.54) is 0 Å². The molecule has 2 N–H and O–H groups in total. The molecule has 3 nitrogen and oxygen atoms in total. The molecule has 0 rings (SSSR count). The van der Waals surface area contributed by atoms with Gasteiger partial charge < -0.3 is 15.2 Å². The highest BCUT2D eigenvalue weighted by molar-refractivity contribution is 4.83. The summed E-state index contributed by atoms with van der Waals surface area (Å²) in [4.78, 5) is 0. The van der Waals surface area contributed by atoms with Crippen LogP contribution in [0.15, 0.2) is 0 Å². The second-order valence-corrected chi connectivity index (χ2v) is 2.75. The molecule has 0 aliphatic carbocycles. The monoisotopic (exact) mass is 185 g/mol. The van der Waals surface area contributed by atoms with Gasteiger partial charge in [-0.1, -0.05) is 0 Å². The number of hydrogen-bond donors (Lipinski definition) is 2. The highest BCUT2D eigenvalue weighted by Gasteiger charge is 1.88. The smallest absolute Gasteiger partial charge is 0.0487 e. The van der Waals surface area contributed by atoms with Crippen LogP contribution in [-0.4, -0.2) is 38.0 Å². The van der Waals surface area contributed by atoms with E-state index in [9.17, 15) is 0 Å². The quantitative estimate of drug-likeness (QED) is 0.403. The van der Waals surface area contributed by atoms with Crippen LogP contribution in [0.25, 0.3) is 0 Å².